The standard InChI is InChI=1S/C15H14ClN3O3/c1-10(17-11-5-3-2-4-6-11)15(20)18-14-8-7-12(19(21)22)9-13(14)16/h2-10,17H,1H3,(H,18,20)/t10-/m0/s1. The summed E-state index contributed by atoms with van der Waals surface area (Å²) in [6.07, 6.45) is 0. The number of benzene rings is 2. The minimum absolute atomic E-state index is 0.120. The average molecular weight is 320 g/mol. The maximum atomic E-state index is 12.1. The Labute approximate surface area is 132 Å². The van der Waals surface area contributed by atoms with E-state index in [-0.39, 0.29) is 16.6 Å². The smallest absolute Gasteiger partial charge is 0.271 e. The molecule has 1 atom stereocenters. The number of non-ortho nitro benzene ring substituents is 1. The lowest BCUT2D eigenvalue weighted by molar-refractivity contribution is -0.384. The Kier molecular flexibility index (Phi) is 4.95. The zero-order valence-electron chi connectivity index (χ0n) is 11.7. The summed E-state index contributed by atoms with van der Waals surface area (Å²) in [5.41, 5.74) is 1.03. The van der Waals surface area contributed by atoms with Crippen LogP contribution in [0.5, 0.6) is 0 Å². The van der Waals surface area contributed by atoms with Crippen molar-refractivity contribution in [3.8, 4) is 0 Å². The number of anilines is 2. The molecule has 1 amide bonds. The maximum absolute atomic E-state index is 12.1. The predicted molar refractivity (Wildman–Crippen MR) is 86.3 cm³/mol. The van der Waals surface area contributed by atoms with E-state index in [1.165, 1.54) is 18.2 Å². The molecule has 0 aliphatic rings. The van der Waals surface area contributed by atoms with Crippen molar-refractivity contribution in [2.45, 2.75) is 13.0 Å². The molecule has 114 valence electrons. The van der Waals surface area contributed by atoms with Crippen molar-refractivity contribution in [2.75, 3.05) is 10.6 Å². The minimum Gasteiger partial charge on any atom is -0.374 e. The van der Waals surface area contributed by atoms with Crippen molar-refractivity contribution in [2.24, 2.45) is 0 Å². The van der Waals surface area contributed by atoms with Crippen LogP contribution in [0.2, 0.25) is 5.02 Å². The van der Waals surface area contributed by atoms with Crippen LogP contribution in [0, 0.1) is 10.1 Å². The first-order valence-electron chi connectivity index (χ1n) is 6.54. The molecule has 0 radical (unpaired) electrons. The van der Waals surface area contributed by atoms with Crippen LogP contribution in [0.3, 0.4) is 0 Å². The molecular formula is C15H14ClN3O3. The number of nitrogens with one attached hydrogen (secondary N) is 2. The van der Waals surface area contributed by atoms with E-state index >= 15 is 0 Å². The largest absolute Gasteiger partial charge is 0.374 e. The van der Waals surface area contributed by atoms with Crippen LogP contribution in [0.4, 0.5) is 17.1 Å². The molecular weight excluding hydrogens is 306 g/mol. The van der Waals surface area contributed by atoms with Crippen molar-refractivity contribution in [1.82, 2.24) is 0 Å². The fraction of sp³-hybridized carbons (Fsp3) is 0.133. The molecule has 22 heavy (non-hydrogen) atoms. The summed E-state index contributed by atoms with van der Waals surface area (Å²) in [6.45, 7) is 1.71. The van der Waals surface area contributed by atoms with E-state index in [2.05, 4.69) is 10.6 Å². The van der Waals surface area contributed by atoms with Crippen molar-refractivity contribution in [1.29, 1.82) is 0 Å². The first kappa shape index (κ1) is 15.8. The van der Waals surface area contributed by atoms with Crippen LogP contribution in [0.15, 0.2) is 48.5 Å². The highest BCUT2D eigenvalue weighted by Crippen LogP contribution is 2.26. The molecule has 6 nitrogen and oxygen atoms in total. The molecule has 7 heteroatoms. The number of rotatable bonds is 5. The highest BCUT2D eigenvalue weighted by atomic mass is 35.5. The lowest BCUT2D eigenvalue weighted by Gasteiger charge is -2.15. The van der Waals surface area contributed by atoms with Gasteiger partial charge in [-0.1, -0.05) is 29.8 Å². The molecule has 0 heterocycles. The third kappa shape index (κ3) is 3.95. The quantitative estimate of drug-likeness (QED) is 0.650. The number of hydrogen-bond donors (Lipinski definition) is 2. The molecule has 0 aliphatic carbocycles. The molecule has 2 aromatic carbocycles. The van der Waals surface area contributed by atoms with Gasteiger partial charge in [0.25, 0.3) is 5.69 Å². The van der Waals surface area contributed by atoms with Crippen LogP contribution in [-0.4, -0.2) is 16.9 Å². The molecule has 0 fully saturated rings. The Bertz CT molecular complexity index is 692. The Balaban J connectivity index is 2.04. The van der Waals surface area contributed by atoms with Crippen LogP contribution >= 0.6 is 11.6 Å². The van der Waals surface area contributed by atoms with Gasteiger partial charge in [0, 0.05) is 17.8 Å². The van der Waals surface area contributed by atoms with Gasteiger partial charge in [-0.15, -0.1) is 0 Å². The van der Waals surface area contributed by atoms with Gasteiger partial charge in [-0.25, -0.2) is 0 Å². The minimum atomic E-state index is -0.545. The molecule has 0 aliphatic heterocycles. The van der Waals surface area contributed by atoms with Crippen LogP contribution in [-0.2, 0) is 4.79 Å². The van der Waals surface area contributed by atoms with E-state index in [0.29, 0.717) is 5.69 Å². The molecule has 2 aromatic rings. The summed E-state index contributed by atoms with van der Waals surface area (Å²) < 4.78 is 0. The number of nitro groups is 1. The first-order valence-corrected chi connectivity index (χ1v) is 6.91. The number of carbonyl (C=O) groups is 1. The number of para-hydroxylation sites is 1. The molecule has 0 aromatic heterocycles. The highest BCUT2D eigenvalue weighted by molar-refractivity contribution is 6.34. The second-order valence-corrected chi connectivity index (χ2v) is 5.05. The number of halogens is 1. The predicted octanol–water partition coefficient (Wildman–Crippen LogP) is 3.69. The molecule has 0 spiro atoms. The fourth-order valence-electron chi connectivity index (χ4n) is 1.81. The summed E-state index contributed by atoms with van der Waals surface area (Å²) in [5.74, 6) is -0.292. The zero-order chi connectivity index (χ0) is 16.1. The Hall–Kier alpha value is -2.60. The zero-order valence-corrected chi connectivity index (χ0v) is 12.5. The monoisotopic (exact) mass is 319 g/mol. The van der Waals surface area contributed by atoms with E-state index in [9.17, 15) is 14.9 Å². The second-order valence-electron chi connectivity index (χ2n) is 4.64. The molecule has 0 unspecified atom stereocenters. The molecule has 0 saturated carbocycles. The van der Waals surface area contributed by atoms with Gasteiger partial charge in [0.15, 0.2) is 0 Å². The summed E-state index contributed by atoms with van der Waals surface area (Å²) in [6, 6.07) is 12.7. The lowest BCUT2D eigenvalue weighted by atomic mass is 10.2. The van der Waals surface area contributed by atoms with Crippen LogP contribution in [0.25, 0.3) is 0 Å². The van der Waals surface area contributed by atoms with E-state index < -0.39 is 11.0 Å². The van der Waals surface area contributed by atoms with Crippen molar-refractivity contribution in [3.05, 3.63) is 63.7 Å². The summed E-state index contributed by atoms with van der Waals surface area (Å²) in [7, 11) is 0. The summed E-state index contributed by atoms with van der Waals surface area (Å²) >= 11 is 5.94. The molecule has 0 saturated heterocycles. The van der Waals surface area contributed by atoms with E-state index in [1.807, 2.05) is 30.3 Å². The Morgan fingerprint density at radius 2 is 1.91 bits per heavy atom. The van der Waals surface area contributed by atoms with E-state index in [4.69, 9.17) is 11.6 Å². The molecule has 2 N–H and O–H groups in total. The maximum Gasteiger partial charge on any atom is 0.271 e. The number of hydrogen-bond acceptors (Lipinski definition) is 4. The number of nitro benzene ring substituents is 1. The average Bonchev–Trinajstić information content (AvgIpc) is 2.50. The third-order valence-corrected chi connectivity index (χ3v) is 3.28. The molecule has 2 rings (SSSR count). The van der Waals surface area contributed by atoms with Crippen LogP contribution < -0.4 is 10.6 Å². The van der Waals surface area contributed by atoms with E-state index in [1.54, 1.807) is 6.92 Å². The summed E-state index contributed by atoms with van der Waals surface area (Å²) in [4.78, 5) is 22.2. The lowest BCUT2D eigenvalue weighted by Crippen LogP contribution is -2.31. The highest BCUT2D eigenvalue weighted by Gasteiger charge is 2.16. The Morgan fingerprint density at radius 3 is 2.50 bits per heavy atom. The van der Waals surface area contributed by atoms with Gasteiger partial charge in [0.2, 0.25) is 5.91 Å². The SMILES string of the molecule is C[C@H](Nc1ccccc1)C(=O)Nc1ccc([N+](=O)[O-])cc1Cl. The van der Waals surface area contributed by atoms with Gasteiger partial charge >= 0.3 is 0 Å². The fourth-order valence-corrected chi connectivity index (χ4v) is 2.03. The number of amides is 1. The van der Waals surface area contributed by atoms with Gasteiger partial charge in [-0.05, 0) is 25.1 Å². The topological polar surface area (TPSA) is 84.3 Å². The molecule has 0 bridgehead atoms. The van der Waals surface area contributed by atoms with Crippen molar-refractivity contribution >= 4 is 34.6 Å². The number of carbonyl (C=O) groups excluding carboxylic acids is 1. The number of nitrogens with zero attached hydrogens (tertiary/aromatic N) is 1. The Morgan fingerprint density at radius 1 is 1.23 bits per heavy atom. The van der Waals surface area contributed by atoms with Crippen molar-refractivity contribution < 1.29 is 9.72 Å². The first-order chi connectivity index (χ1) is 10.5. The van der Waals surface area contributed by atoms with E-state index in [0.717, 1.165) is 5.69 Å². The van der Waals surface area contributed by atoms with Gasteiger partial charge in [0.05, 0.1) is 15.6 Å². The summed E-state index contributed by atoms with van der Waals surface area (Å²) in [5, 5.41) is 16.5. The van der Waals surface area contributed by atoms with Gasteiger partial charge in [0.1, 0.15) is 6.04 Å². The van der Waals surface area contributed by atoms with Crippen molar-refractivity contribution in [3.63, 3.8) is 0 Å². The van der Waals surface area contributed by atoms with Gasteiger partial charge in [-0.3, -0.25) is 14.9 Å². The normalized spacial score (nSPS) is 11.5. The third-order valence-electron chi connectivity index (χ3n) is 2.97. The van der Waals surface area contributed by atoms with Gasteiger partial charge < -0.3 is 10.6 Å². The van der Waals surface area contributed by atoms with Crippen LogP contribution in [0.1, 0.15) is 6.92 Å². The second kappa shape index (κ2) is 6.91. The van der Waals surface area contributed by atoms with Gasteiger partial charge in [-0.2, -0.15) is 0 Å².